The molecule has 1 aromatic heterocycles. The van der Waals surface area contributed by atoms with E-state index in [0.29, 0.717) is 29.0 Å². The molecule has 3 rings (SSSR count). The van der Waals surface area contributed by atoms with E-state index in [-0.39, 0.29) is 18.3 Å². The second-order valence-electron chi connectivity index (χ2n) is 7.62. The van der Waals surface area contributed by atoms with E-state index >= 15 is 0 Å². The number of nitrogens with zero attached hydrogens (tertiary/aromatic N) is 4. The van der Waals surface area contributed by atoms with Crippen molar-refractivity contribution in [1.82, 2.24) is 14.9 Å². The van der Waals surface area contributed by atoms with Crippen LogP contribution in [0.4, 0.5) is 5.69 Å². The summed E-state index contributed by atoms with van der Waals surface area (Å²) in [7, 11) is 0. The van der Waals surface area contributed by atoms with Gasteiger partial charge in [-0.2, -0.15) is 5.26 Å². The molecule has 0 spiro atoms. The van der Waals surface area contributed by atoms with Crippen LogP contribution in [0.25, 0.3) is 0 Å². The Balaban J connectivity index is 1.55. The summed E-state index contributed by atoms with van der Waals surface area (Å²) in [4.78, 5) is 12.3. The van der Waals surface area contributed by atoms with Crippen LogP contribution in [0.3, 0.4) is 0 Å². The number of nitrogens with two attached hydrogens (primary N) is 1. The molecule has 8 nitrogen and oxygen atoms in total. The van der Waals surface area contributed by atoms with Crippen molar-refractivity contribution in [2.24, 2.45) is 0 Å². The molecule has 9 heteroatoms. The van der Waals surface area contributed by atoms with Crippen molar-refractivity contribution in [3.8, 4) is 11.8 Å². The monoisotopic (exact) mass is 450 g/mol. The van der Waals surface area contributed by atoms with Crippen molar-refractivity contribution in [2.45, 2.75) is 44.9 Å². The maximum atomic E-state index is 12.3. The van der Waals surface area contributed by atoms with E-state index in [9.17, 15) is 4.79 Å². The zero-order valence-corrected chi connectivity index (χ0v) is 19.1. The molecule has 166 valence electrons. The molecule has 0 saturated carbocycles. The summed E-state index contributed by atoms with van der Waals surface area (Å²) >= 11 is 1.19. The third kappa shape index (κ3) is 6.02. The largest absolute Gasteiger partial charge is 0.485 e. The van der Waals surface area contributed by atoms with Crippen LogP contribution in [0, 0.1) is 18.3 Å². The number of nitrogen functional groups attached to an aromatic ring is 1. The van der Waals surface area contributed by atoms with E-state index in [1.54, 1.807) is 12.1 Å². The lowest BCUT2D eigenvalue weighted by Gasteiger charge is -2.14. The number of thioether (sulfide) groups is 1. The molecule has 0 unspecified atom stereocenters. The highest BCUT2D eigenvalue weighted by Gasteiger charge is 2.15. The fourth-order valence-electron chi connectivity index (χ4n) is 3.01. The molecular formula is C23H26N6O2S. The van der Waals surface area contributed by atoms with Gasteiger partial charge < -0.3 is 15.9 Å². The molecule has 0 aliphatic carbocycles. The Hall–Kier alpha value is -3.51. The van der Waals surface area contributed by atoms with Gasteiger partial charge in [-0.05, 0) is 47.7 Å². The number of benzene rings is 2. The van der Waals surface area contributed by atoms with Crippen molar-refractivity contribution < 1.29 is 9.53 Å². The molecule has 2 aromatic carbocycles. The molecule has 0 bridgehead atoms. The lowest BCUT2D eigenvalue weighted by Crippen LogP contribution is -2.18. The zero-order chi connectivity index (χ0) is 23.1. The van der Waals surface area contributed by atoms with Crippen LogP contribution in [0.1, 0.15) is 42.3 Å². The van der Waals surface area contributed by atoms with Gasteiger partial charge >= 0.3 is 0 Å². The van der Waals surface area contributed by atoms with Crippen LogP contribution in [-0.4, -0.2) is 26.5 Å². The first-order chi connectivity index (χ1) is 15.4. The first-order valence-electron chi connectivity index (χ1n) is 10.2. The molecule has 0 fully saturated rings. The predicted octanol–water partition coefficient (Wildman–Crippen LogP) is 3.80. The number of rotatable bonds is 9. The lowest BCUT2D eigenvalue weighted by molar-refractivity contribution is -0.113. The van der Waals surface area contributed by atoms with Gasteiger partial charge in [-0.3, -0.25) is 4.79 Å². The lowest BCUT2D eigenvalue weighted by atomic mass is 10.0. The Labute approximate surface area is 191 Å². The number of carbonyl (C=O) groups is 1. The minimum Gasteiger partial charge on any atom is -0.485 e. The number of hydrogen-bond donors (Lipinski definition) is 2. The summed E-state index contributed by atoms with van der Waals surface area (Å²) < 4.78 is 7.33. The van der Waals surface area contributed by atoms with Crippen LogP contribution in [0.2, 0.25) is 0 Å². The Morgan fingerprint density at radius 1 is 1.25 bits per heavy atom. The number of anilines is 1. The molecule has 0 atom stereocenters. The van der Waals surface area contributed by atoms with E-state index in [4.69, 9.17) is 15.8 Å². The minimum atomic E-state index is -0.190. The fourth-order valence-corrected chi connectivity index (χ4v) is 3.69. The first kappa shape index (κ1) is 23.2. The Morgan fingerprint density at radius 2 is 2.00 bits per heavy atom. The number of aromatic nitrogens is 3. The number of ether oxygens (including phenoxy) is 1. The first-order valence-corrected chi connectivity index (χ1v) is 11.2. The highest BCUT2D eigenvalue weighted by molar-refractivity contribution is 7.99. The summed E-state index contributed by atoms with van der Waals surface area (Å²) in [5.41, 5.74) is 3.79. The zero-order valence-electron chi connectivity index (χ0n) is 18.3. The number of amides is 1. The maximum Gasteiger partial charge on any atom is 0.234 e. The SMILES string of the molecule is Cc1ccc(C(C)C)c(OCc2nnc(SCC(=O)Nc3ccc(CC#N)cc3)n2N)c1. The van der Waals surface area contributed by atoms with Gasteiger partial charge in [0.05, 0.1) is 18.2 Å². The number of nitriles is 1. The van der Waals surface area contributed by atoms with E-state index in [1.807, 2.05) is 25.1 Å². The third-order valence-corrected chi connectivity index (χ3v) is 5.68. The fraction of sp³-hybridized carbons (Fsp3) is 0.304. The number of aryl methyl sites for hydroxylation is 1. The van der Waals surface area contributed by atoms with Gasteiger partial charge in [0.1, 0.15) is 12.4 Å². The van der Waals surface area contributed by atoms with Gasteiger partial charge in [0, 0.05) is 5.69 Å². The molecule has 3 aromatic rings. The standard InChI is InChI=1S/C23H26N6O2S/c1-15(2)19-9-4-16(3)12-20(19)31-13-21-27-28-23(29(21)25)32-14-22(30)26-18-7-5-17(6-8-18)10-11-24/h4-9,12,15H,10,13-14,25H2,1-3H3,(H,26,30). The topological polar surface area (TPSA) is 119 Å². The van der Waals surface area contributed by atoms with Gasteiger partial charge in [0.25, 0.3) is 0 Å². The van der Waals surface area contributed by atoms with E-state index in [2.05, 4.69) is 47.6 Å². The van der Waals surface area contributed by atoms with Crippen molar-refractivity contribution in [2.75, 3.05) is 16.9 Å². The van der Waals surface area contributed by atoms with Gasteiger partial charge in [-0.15, -0.1) is 10.2 Å². The van der Waals surface area contributed by atoms with Crippen LogP contribution in [0.15, 0.2) is 47.6 Å². The molecular weight excluding hydrogens is 424 g/mol. The summed E-state index contributed by atoms with van der Waals surface area (Å²) in [5.74, 6) is 7.65. The second kappa shape index (κ2) is 10.7. The highest BCUT2D eigenvalue weighted by atomic mass is 32.2. The molecule has 0 aliphatic rings. The van der Waals surface area contributed by atoms with Gasteiger partial charge in [0.2, 0.25) is 11.1 Å². The van der Waals surface area contributed by atoms with Crippen LogP contribution < -0.4 is 15.9 Å². The van der Waals surface area contributed by atoms with Crippen molar-refractivity contribution in [3.05, 3.63) is 65.0 Å². The number of hydrogen-bond acceptors (Lipinski definition) is 7. The molecule has 32 heavy (non-hydrogen) atoms. The Bertz CT molecular complexity index is 1120. The van der Waals surface area contributed by atoms with E-state index < -0.39 is 0 Å². The molecule has 1 heterocycles. The normalized spacial score (nSPS) is 10.7. The average molecular weight is 451 g/mol. The van der Waals surface area contributed by atoms with Gasteiger partial charge in [0.15, 0.2) is 5.82 Å². The molecule has 0 aliphatic heterocycles. The van der Waals surface area contributed by atoms with E-state index in [1.165, 1.54) is 16.4 Å². The molecule has 0 radical (unpaired) electrons. The van der Waals surface area contributed by atoms with Gasteiger partial charge in [-0.1, -0.05) is 49.9 Å². The summed E-state index contributed by atoms with van der Waals surface area (Å²) in [6.07, 6.45) is 0.338. The van der Waals surface area contributed by atoms with Crippen molar-refractivity contribution in [3.63, 3.8) is 0 Å². The molecule has 1 amide bonds. The number of carbonyl (C=O) groups excluding carboxylic acids is 1. The summed E-state index contributed by atoms with van der Waals surface area (Å²) in [6, 6.07) is 15.4. The Morgan fingerprint density at radius 3 is 2.69 bits per heavy atom. The second-order valence-corrected chi connectivity index (χ2v) is 8.56. The maximum absolute atomic E-state index is 12.3. The number of nitrogens with one attached hydrogen (secondary N) is 1. The third-order valence-electron chi connectivity index (χ3n) is 4.74. The average Bonchev–Trinajstić information content (AvgIpc) is 3.11. The summed E-state index contributed by atoms with van der Waals surface area (Å²) in [5, 5.41) is 20.1. The summed E-state index contributed by atoms with van der Waals surface area (Å²) in [6.45, 7) is 6.42. The van der Waals surface area contributed by atoms with Crippen LogP contribution in [0.5, 0.6) is 5.75 Å². The molecule has 3 N–H and O–H groups in total. The van der Waals surface area contributed by atoms with E-state index in [0.717, 1.165) is 22.4 Å². The van der Waals surface area contributed by atoms with Crippen molar-refractivity contribution in [1.29, 1.82) is 5.26 Å². The minimum absolute atomic E-state index is 0.130. The predicted molar refractivity (Wildman–Crippen MR) is 125 cm³/mol. The smallest absolute Gasteiger partial charge is 0.234 e. The highest BCUT2D eigenvalue weighted by Crippen LogP contribution is 2.28. The van der Waals surface area contributed by atoms with Crippen LogP contribution >= 0.6 is 11.8 Å². The molecule has 0 saturated heterocycles. The van der Waals surface area contributed by atoms with Crippen LogP contribution in [-0.2, 0) is 17.8 Å². The quantitative estimate of drug-likeness (QED) is 0.376. The van der Waals surface area contributed by atoms with Crippen molar-refractivity contribution >= 4 is 23.4 Å². The van der Waals surface area contributed by atoms with Gasteiger partial charge in [-0.25, -0.2) is 4.68 Å². The Kier molecular flexibility index (Phi) is 7.73.